The number of Topliss-reactive ketones (excluding diaryl/α,β-unsaturated/α-hetero) is 1. The van der Waals surface area contributed by atoms with Crippen molar-refractivity contribution in [1.29, 1.82) is 0 Å². The Morgan fingerprint density at radius 3 is 1.82 bits per heavy atom. The summed E-state index contributed by atoms with van der Waals surface area (Å²) >= 11 is 0. The lowest BCUT2D eigenvalue weighted by Crippen LogP contribution is -2.14. The molecule has 0 saturated heterocycles. The van der Waals surface area contributed by atoms with Gasteiger partial charge in [0.05, 0.1) is 43.7 Å². The van der Waals surface area contributed by atoms with Crippen molar-refractivity contribution < 1.29 is 29.2 Å². The third-order valence-corrected chi connectivity index (χ3v) is 7.90. The maximum Gasteiger partial charge on any atom is 0.194 e. The van der Waals surface area contributed by atoms with Gasteiger partial charge in [0.15, 0.2) is 28.1 Å². The molecule has 0 saturated carbocycles. The van der Waals surface area contributed by atoms with E-state index in [-0.39, 0.29) is 45.2 Å². The lowest BCUT2D eigenvalue weighted by Gasteiger charge is -2.25. The van der Waals surface area contributed by atoms with Gasteiger partial charge in [0, 0.05) is 57.2 Å². The monoisotopic (exact) mass is 527 g/mol. The SMILES string of the molecule is CNc1c(O)c2c(=O)cc(OC)c3c4c(OC)cc(=O)c5c(O)c(OC)c6c(c(c1C=C(C)C6C(C)=O)c23)c54. The number of allylic oxidation sites excluding steroid dienone is 1. The molecule has 1 aliphatic rings. The van der Waals surface area contributed by atoms with Crippen LogP contribution in [0, 0.1) is 0 Å². The number of anilines is 1. The molecule has 1 aliphatic carbocycles. The molecule has 0 amide bonds. The molecule has 9 heteroatoms. The van der Waals surface area contributed by atoms with Crippen LogP contribution in [0.4, 0.5) is 5.69 Å². The minimum Gasteiger partial charge on any atom is -0.505 e. The van der Waals surface area contributed by atoms with E-state index in [1.54, 1.807) is 20.0 Å². The van der Waals surface area contributed by atoms with Crippen molar-refractivity contribution in [3.05, 3.63) is 49.3 Å². The summed E-state index contributed by atoms with van der Waals surface area (Å²) in [5.74, 6) is -1.33. The van der Waals surface area contributed by atoms with Crippen molar-refractivity contribution in [2.45, 2.75) is 19.8 Å². The van der Waals surface area contributed by atoms with Gasteiger partial charge in [-0.05, 0) is 19.2 Å². The summed E-state index contributed by atoms with van der Waals surface area (Å²) in [6, 6.07) is 2.54. The molecule has 0 fully saturated rings. The fourth-order valence-corrected chi connectivity index (χ4v) is 6.52. The van der Waals surface area contributed by atoms with Gasteiger partial charge in [-0.15, -0.1) is 0 Å². The number of benzene rings is 5. The number of fused-ring (bicyclic) bond motifs is 1. The van der Waals surface area contributed by atoms with Gasteiger partial charge < -0.3 is 29.7 Å². The molecule has 198 valence electrons. The Morgan fingerprint density at radius 1 is 0.795 bits per heavy atom. The molecule has 1 atom stereocenters. The van der Waals surface area contributed by atoms with Crippen LogP contribution in [0.1, 0.15) is 30.9 Å². The first-order valence-electron chi connectivity index (χ1n) is 12.2. The summed E-state index contributed by atoms with van der Waals surface area (Å²) < 4.78 is 17.0. The second-order valence-corrected chi connectivity index (χ2v) is 9.77. The van der Waals surface area contributed by atoms with Crippen LogP contribution in [0.5, 0.6) is 28.7 Å². The number of carbonyl (C=O) groups is 1. The topological polar surface area (TPSA) is 131 Å². The summed E-state index contributed by atoms with van der Waals surface area (Å²) in [7, 11) is 5.82. The average molecular weight is 528 g/mol. The Morgan fingerprint density at radius 2 is 1.33 bits per heavy atom. The zero-order valence-corrected chi connectivity index (χ0v) is 22.2. The smallest absolute Gasteiger partial charge is 0.194 e. The summed E-state index contributed by atoms with van der Waals surface area (Å²) in [6.07, 6.45) is 1.78. The van der Waals surface area contributed by atoms with E-state index < -0.39 is 22.5 Å². The van der Waals surface area contributed by atoms with E-state index in [4.69, 9.17) is 14.2 Å². The molecule has 9 nitrogen and oxygen atoms in total. The molecule has 0 spiro atoms. The number of aromatic hydroxyl groups is 2. The number of phenolic OH excluding ortho intramolecular Hbond substituents is 2. The van der Waals surface area contributed by atoms with Crippen molar-refractivity contribution >= 4 is 60.6 Å². The van der Waals surface area contributed by atoms with Crippen LogP contribution in [-0.4, -0.2) is 44.4 Å². The molecule has 1 unspecified atom stereocenters. The van der Waals surface area contributed by atoms with Gasteiger partial charge in [0.25, 0.3) is 0 Å². The quantitative estimate of drug-likeness (QED) is 0.172. The largest absolute Gasteiger partial charge is 0.505 e. The number of nitrogens with one attached hydrogen (secondary N) is 1. The predicted octanol–water partition coefficient (Wildman–Crippen LogP) is 4.46. The van der Waals surface area contributed by atoms with Gasteiger partial charge in [0.2, 0.25) is 0 Å². The molecule has 39 heavy (non-hydrogen) atoms. The van der Waals surface area contributed by atoms with Crippen LogP contribution in [0.25, 0.3) is 49.2 Å². The lowest BCUT2D eigenvalue weighted by molar-refractivity contribution is -0.117. The molecule has 3 N–H and O–H groups in total. The first-order valence-corrected chi connectivity index (χ1v) is 12.2. The second-order valence-electron chi connectivity index (χ2n) is 9.77. The number of hydrogen-bond acceptors (Lipinski definition) is 9. The Balaban J connectivity index is 2.21. The van der Waals surface area contributed by atoms with Gasteiger partial charge in [-0.3, -0.25) is 14.4 Å². The number of hydrogen-bond donors (Lipinski definition) is 3. The van der Waals surface area contributed by atoms with E-state index in [0.29, 0.717) is 49.0 Å². The van der Waals surface area contributed by atoms with Gasteiger partial charge in [-0.1, -0.05) is 11.6 Å². The van der Waals surface area contributed by atoms with Crippen molar-refractivity contribution in [3.8, 4) is 28.7 Å². The molecule has 5 aromatic carbocycles. The van der Waals surface area contributed by atoms with E-state index in [9.17, 15) is 24.6 Å². The molecule has 5 aromatic rings. The molecule has 6 rings (SSSR count). The third-order valence-electron chi connectivity index (χ3n) is 7.90. The van der Waals surface area contributed by atoms with Gasteiger partial charge in [-0.2, -0.15) is 0 Å². The number of methoxy groups -OCH3 is 3. The Hall–Kier alpha value is -4.79. The van der Waals surface area contributed by atoms with Crippen molar-refractivity contribution in [2.75, 3.05) is 33.7 Å². The fraction of sp³-hybridized carbons (Fsp3) is 0.233. The maximum absolute atomic E-state index is 13.5. The van der Waals surface area contributed by atoms with Crippen molar-refractivity contribution in [3.63, 3.8) is 0 Å². The Bertz CT molecular complexity index is 2060. The number of ether oxygens (including phenoxy) is 3. The number of carbonyl (C=O) groups excluding carboxylic acids is 1. The van der Waals surface area contributed by atoms with Crippen LogP contribution >= 0.6 is 0 Å². The molecule has 0 radical (unpaired) electrons. The van der Waals surface area contributed by atoms with Gasteiger partial charge >= 0.3 is 0 Å². The number of rotatable bonds is 5. The fourth-order valence-electron chi connectivity index (χ4n) is 6.52. The number of phenols is 2. The first-order chi connectivity index (χ1) is 18.6. The first kappa shape index (κ1) is 24.5. The van der Waals surface area contributed by atoms with Crippen molar-refractivity contribution in [2.24, 2.45) is 0 Å². The highest BCUT2D eigenvalue weighted by molar-refractivity contribution is 6.40. The summed E-state index contributed by atoms with van der Waals surface area (Å²) in [5, 5.41) is 28.5. The normalized spacial score (nSPS) is 14.8. The Kier molecular flexibility index (Phi) is 5.10. The summed E-state index contributed by atoms with van der Waals surface area (Å²) in [6.45, 7) is 3.22. The minimum absolute atomic E-state index is 0.00700. The highest BCUT2D eigenvalue weighted by atomic mass is 16.5. The third kappa shape index (κ3) is 2.81. The lowest BCUT2D eigenvalue weighted by atomic mass is 9.80. The number of ketones is 1. The van der Waals surface area contributed by atoms with Crippen LogP contribution in [0.2, 0.25) is 0 Å². The van der Waals surface area contributed by atoms with Crippen LogP contribution in [-0.2, 0) is 4.79 Å². The molecule has 0 aromatic heterocycles. The van der Waals surface area contributed by atoms with Crippen LogP contribution < -0.4 is 30.4 Å². The van der Waals surface area contributed by atoms with Crippen LogP contribution in [0.3, 0.4) is 0 Å². The van der Waals surface area contributed by atoms with Gasteiger partial charge in [-0.25, -0.2) is 0 Å². The highest BCUT2D eigenvalue weighted by Crippen LogP contribution is 2.58. The van der Waals surface area contributed by atoms with Crippen molar-refractivity contribution in [1.82, 2.24) is 0 Å². The molecule has 0 aliphatic heterocycles. The molecule has 0 heterocycles. The van der Waals surface area contributed by atoms with Gasteiger partial charge in [0.1, 0.15) is 17.3 Å². The highest BCUT2D eigenvalue weighted by Gasteiger charge is 2.37. The Labute approximate surface area is 221 Å². The van der Waals surface area contributed by atoms with E-state index in [0.717, 1.165) is 0 Å². The van der Waals surface area contributed by atoms with E-state index in [2.05, 4.69) is 5.32 Å². The average Bonchev–Trinajstić information content (AvgIpc) is 3.02. The van der Waals surface area contributed by atoms with E-state index in [1.165, 1.54) is 40.4 Å². The molecule has 0 bridgehead atoms. The predicted molar refractivity (Wildman–Crippen MR) is 151 cm³/mol. The summed E-state index contributed by atoms with van der Waals surface area (Å²) in [4.78, 5) is 40.2. The second kappa shape index (κ2) is 8.10. The molecular formula is C30H25NO8. The van der Waals surface area contributed by atoms with E-state index >= 15 is 0 Å². The zero-order chi connectivity index (χ0) is 28.1. The van der Waals surface area contributed by atoms with Crippen LogP contribution in [0.15, 0.2) is 27.3 Å². The van der Waals surface area contributed by atoms with E-state index in [1.807, 2.05) is 0 Å². The maximum atomic E-state index is 13.5. The standard InChI is InChI=1S/C30H25NO8/c1-10-7-12-18-23-19(28(35)27(12)31-3)13(33)8-15(37-4)21(23)22-16(38-5)9-14(34)20-25(22)24(18)26(17(10)11(2)32)30(39-6)29(20)36/h7-9,17,31,35-36H,1-6H3. The minimum atomic E-state index is -0.854. The summed E-state index contributed by atoms with van der Waals surface area (Å²) in [5.41, 5.74) is 0.817. The zero-order valence-electron chi connectivity index (χ0n) is 22.2. The molecular weight excluding hydrogens is 502 g/mol.